The maximum Gasteiger partial charge on any atom is 0.354 e. The lowest BCUT2D eigenvalue weighted by atomic mass is 10.2. The van der Waals surface area contributed by atoms with Crippen molar-refractivity contribution in [3.05, 3.63) is 23.3 Å². The van der Waals surface area contributed by atoms with E-state index in [-0.39, 0.29) is 17.3 Å². The number of sulfone groups is 1. The molecule has 15 heavy (non-hydrogen) atoms. The SMILES string of the molecule is Cc1cnc(CS(C)(=O)=O)nc1C(=O)O. The number of hydrogen-bond donors (Lipinski definition) is 1. The molecule has 0 bridgehead atoms. The molecular formula is C8H10N2O4S. The summed E-state index contributed by atoms with van der Waals surface area (Å²) < 4.78 is 21.9. The fraction of sp³-hybridized carbons (Fsp3) is 0.375. The lowest BCUT2D eigenvalue weighted by molar-refractivity contribution is 0.0689. The lowest BCUT2D eigenvalue weighted by Crippen LogP contribution is -2.11. The minimum Gasteiger partial charge on any atom is -0.477 e. The van der Waals surface area contributed by atoms with Crippen LogP contribution >= 0.6 is 0 Å². The molecule has 7 heteroatoms. The Bertz CT molecular complexity index is 495. The molecule has 1 rings (SSSR count). The molecule has 0 aliphatic heterocycles. The summed E-state index contributed by atoms with van der Waals surface area (Å²) in [6, 6.07) is 0. The van der Waals surface area contributed by atoms with Gasteiger partial charge in [-0.25, -0.2) is 23.2 Å². The van der Waals surface area contributed by atoms with Gasteiger partial charge >= 0.3 is 5.97 Å². The van der Waals surface area contributed by atoms with Gasteiger partial charge in [0.05, 0.1) is 0 Å². The number of aromatic nitrogens is 2. The Labute approximate surface area is 86.9 Å². The molecule has 0 aliphatic carbocycles. The second-order valence-corrected chi connectivity index (χ2v) is 5.33. The second kappa shape index (κ2) is 3.93. The number of nitrogens with zero attached hydrogens (tertiary/aromatic N) is 2. The minimum absolute atomic E-state index is 0.000463. The van der Waals surface area contributed by atoms with Crippen LogP contribution in [-0.4, -0.2) is 35.7 Å². The van der Waals surface area contributed by atoms with E-state index in [0.717, 1.165) is 6.26 Å². The molecule has 0 atom stereocenters. The van der Waals surface area contributed by atoms with E-state index in [1.54, 1.807) is 6.92 Å². The van der Waals surface area contributed by atoms with Gasteiger partial charge in [-0.1, -0.05) is 0 Å². The van der Waals surface area contributed by atoms with Gasteiger partial charge in [-0.3, -0.25) is 0 Å². The topological polar surface area (TPSA) is 97.2 Å². The third-order valence-electron chi connectivity index (χ3n) is 1.62. The van der Waals surface area contributed by atoms with Gasteiger partial charge in [0, 0.05) is 18.0 Å². The predicted octanol–water partition coefficient (Wildman–Crippen LogP) is 0.0278. The summed E-state index contributed by atoms with van der Waals surface area (Å²) >= 11 is 0. The third kappa shape index (κ3) is 3.28. The largest absolute Gasteiger partial charge is 0.477 e. The summed E-state index contributed by atoms with van der Waals surface area (Å²) in [5.74, 6) is -1.54. The van der Waals surface area contributed by atoms with Crippen LogP contribution in [-0.2, 0) is 15.6 Å². The minimum atomic E-state index is -3.25. The predicted molar refractivity (Wildman–Crippen MR) is 52.3 cm³/mol. The van der Waals surface area contributed by atoms with E-state index in [1.165, 1.54) is 6.20 Å². The maximum atomic E-state index is 10.9. The van der Waals surface area contributed by atoms with E-state index in [4.69, 9.17) is 5.11 Å². The van der Waals surface area contributed by atoms with Gasteiger partial charge in [0.1, 0.15) is 11.6 Å². The van der Waals surface area contributed by atoms with Crippen molar-refractivity contribution < 1.29 is 18.3 Å². The Morgan fingerprint density at radius 3 is 2.60 bits per heavy atom. The molecule has 0 saturated carbocycles. The fourth-order valence-electron chi connectivity index (χ4n) is 0.999. The van der Waals surface area contributed by atoms with Crippen molar-refractivity contribution in [2.75, 3.05) is 6.26 Å². The zero-order valence-electron chi connectivity index (χ0n) is 8.26. The number of carboxylic acids is 1. The van der Waals surface area contributed by atoms with Gasteiger partial charge in [0.25, 0.3) is 0 Å². The molecule has 0 fully saturated rings. The zero-order valence-corrected chi connectivity index (χ0v) is 9.08. The summed E-state index contributed by atoms with van der Waals surface area (Å²) in [6.45, 7) is 1.55. The number of carbonyl (C=O) groups is 1. The molecule has 1 heterocycles. The molecule has 1 aromatic rings. The molecule has 0 radical (unpaired) electrons. The van der Waals surface area contributed by atoms with Crippen molar-refractivity contribution in [3.8, 4) is 0 Å². The molecule has 0 aliphatic rings. The summed E-state index contributed by atoms with van der Waals surface area (Å²) in [6.07, 6.45) is 2.34. The number of hydrogen-bond acceptors (Lipinski definition) is 5. The Morgan fingerprint density at radius 1 is 1.53 bits per heavy atom. The smallest absolute Gasteiger partial charge is 0.354 e. The van der Waals surface area contributed by atoms with Crippen LogP contribution < -0.4 is 0 Å². The van der Waals surface area contributed by atoms with Crippen molar-refractivity contribution in [2.24, 2.45) is 0 Å². The molecule has 0 unspecified atom stereocenters. The monoisotopic (exact) mass is 230 g/mol. The Balaban J connectivity index is 3.14. The highest BCUT2D eigenvalue weighted by Gasteiger charge is 2.13. The van der Waals surface area contributed by atoms with Crippen molar-refractivity contribution in [2.45, 2.75) is 12.7 Å². The van der Waals surface area contributed by atoms with Crippen LogP contribution in [0.25, 0.3) is 0 Å². The first-order chi connectivity index (χ1) is 6.79. The highest BCUT2D eigenvalue weighted by atomic mass is 32.2. The Kier molecular flexibility index (Phi) is 3.04. The van der Waals surface area contributed by atoms with E-state index in [2.05, 4.69) is 9.97 Å². The molecule has 0 aromatic carbocycles. The number of aryl methyl sites for hydroxylation is 1. The van der Waals surface area contributed by atoms with E-state index in [0.29, 0.717) is 5.56 Å². The number of carboxylic acid groups (broad SMARTS) is 1. The molecular weight excluding hydrogens is 220 g/mol. The molecule has 1 aromatic heterocycles. The van der Waals surface area contributed by atoms with Crippen LogP contribution in [0.5, 0.6) is 0 Å². The lowest BCUT2D eigenvalue weighted by Gasteiger charge is -2.02. The highest BCUT2D eigenvalue weighted by molar-refractivity contribution is 7.89. The average Bonchev–Trinajstić information content (AvgIpc) is 2.05. The van der Waals surface area contributed by atoms with E-state index < -0.39 is 15.8 Å². The molecule has 0 amide bonds. The summed E-state index contributed by atoms with van der Waals surface area (Å²) in [4.78, 5) is 18.1. The van der Waals surface area contributed by atoms with Crippen LogP contribution in [0, 0.1) is 6.92 Å². The normalized spacial score (nSPS) is 11.3. The number of aromatic carboxylic acids is 1. The standard InChI is InChI=1S/C8H10N2O4S/c1-5-3-9-6(4-15(2,13)14)10-7(5)8(11)12/h3H,4H2,1-2H3,(H,11,12). The van der Waals surface area contributed by atoms with Crippen LogP contribution in [0.1, 0.15) is 21.9 Å². The molecule has 0 spiro atoms. The van der Waals surface area contributed by atoms with Crippen LogP contribution in [0.15, 0.2) is 6.20 Å². The van der Waals surface area contributed by atoms with Gasteiger partial charge in [0.2, 0.25) is 0 Å². The summed E-state index contributed by atoms with van der Waals surface area (Å²) in [5.41, 5.74) is 0.239. The van der Waals surface area contributed by atoms with Gasteiger partial charge < -0.3 is 5.11 Å². The van der Waals surface area contributed by atoms with Crippen molar-refractivity contribution in [1.82, 2.24) is 9.97 Å². The van der Waals surface area contributed by atoms with Crippen molar-refractivity contribution in [3.63, 3.8) is 0 Å². The molecule has 6 nitrogen and oxygen atoms in total. The molecule has 1 N–H and O–H groups in total. The van der Waals surface area contributed by atoms with E-state index in [9.17, 15) is 13.2 Å². The average molecular weight is 230 g/mol. The summed E-state index contributed by atoms with van der Waals surface area (Å²) in [7, 11) is -3.25. The maximum absolute atomic E-state index is 10.9. The Hall–Kier alpha value is -1.50. The first-order valence-electron chi connectivity index (χ1n) is 4.03. The van der Waals surface area contributed by atoms with E-state index >= 15 is 0 Å². The highest BCUT2D eigenvalue weighted by Crippen LogP contribution is 2.05. The quantitative estimate of drug-likeness (QED) is 0.786. The first-order valence-corrected chi connectivity index (χ1v) is 6.09. The van der Waals surface area contributed by atoms with Crippen molar-refractivity contribution >= 4 is 15.8 Å². The zero-order chi connectivity index (χ0) is 11.6. The van der Waals surface area contributed by atoms with Gasteiger partial charge in [-0.05, 0) is 6.92 Å². The van der Waals surface area contributed by atoms with Gasteiger partial charge in [0.15, 0.2) is 15.5 Å². The molecule has 82 valence electrons. The van der Waals surface area contributed by atoms with Gasteiger partial charge in [-0.2, -0.15) is 0 Å². The van der Waals surface area contributed by atoms with Crippen LogP contribution in [0.3, 0.4) is 0 Å². The third-order valence-corrected chi connectivity index (χ3v) is 2.40. The van der Waals surface area contributed by atoms with Gasteiger partial charge in [-0.15, -0.1) is 0 Å². The first kappa shape index (κ1) is 11.6. The molecule has 0 saturated heterocycles. The van der Waals surface area contributed by atoms with Crippen LogP contribution in [0.4, 0.5) is 0 Å². The summed E-state index contributed by atoms with van der Waals surface area (Å²) in [5, 5.41) is 8.75. The second-order valence-electron chi connectivity index (χ2n) is 3.19. The van der Waals surface area contributed by atoms with Crippen molar-refractivity contribution in [1.29, 1.82) is 0 Å². The Morgan fingerprint density at radius 2 is 2.13 bits per heavy atom. The fourth-order valence-corrected chi connectivity index (χ4v) is 1.61. The number of rotatable bonds is 3. The van der Waals surface area contributed by atoms with E-state index in [1.807, 2.05) is 0 Å². The van der Waals surface area contributed by atoms with Crippen LogP contribution in [0.2, 0.25) is 0 Å².